The monoisotopic (exact) mass is 460 g/mol. The third-order valence-electron chi connectivity index (χ3n) is 6.10. The van der Waals surface area contributed by atoms with E-state index in [1.165, 1.54) is 27.5 Å². The summed E-state index contributed by atoms with van der Waals surface area (Å²) >= 11 is 12.2. The molecule has 5 heteroatoms. The van der Waals surface area contributed by atoms with E-state index in [1.807, 2.05) is 11.0 Å². The topological polar surface area (TPSA) is 46.3 Å². The molecule has 0 fully saturated rings. The van der Waals surface area contributed by atoms with Crippen LogP contribution in [0.15, 0.2) is 78.9 Å². The molecule has 0 spiro atoms. The van der Waals surface area contributed by atoms with Gasteiger partial charge in [0, 0.05) is 23.1 Å². The fraction of sp³-hybridized carbons (Fsp3) is 0.148. The van der Waals surface area contributed by atoms with Crippen molar-refractivity contribution in [3.05, 3.63) is 106 Å². The number of fused-ring (bicyclic) bond motifs is 2. The number of nitrogens with zero attached hydrogens (tertiary/aromatic N) is 1. The molecule has 1 aliphatic heterocycles. The van der Waals surface area contributed by atoms with Crippen LogP contribution >= 0.6 is 23.2 Å². The summed E-state index contributed by atoms with van der Waals surface area (Å²) in [4.78, 5) is 14.9. The average molecular weight is 461 g/mol. The Hall–Kier alpha value is -2.85. The van der Waals surface area contributed by atoms with Gasteiger partial charge in [0.15, 0.2) is 0 Å². The number of benzene rings is 4. The Kier molecular flexibility index (Phi) is 5.64. The largest absolute Gasteiger partial charge is 0.333 e. The Bertz CT molecular complexity index is 1330. The first-order valence-electron chi connectivity index (χ1n) is 10.6. The molecule has 0 bridgehead atoms. The molecule has 2 N–H and O–H groups in total. The second-order valence-electron chi connectivity index (χ2n) is 8.29. The molecule has 0 saturated carbocycles. The van der Waals surface area contributed by atoms with Gasteiger partial charge < -0.3 is 10.6 Å². The van der Waals surface area contributed by atoms with Crippen LogP contribution in [-0.4, -0.2) is 16.8 Å². The molecule has 1 atom stereocenters. The van der Waals surface area contributed by atoms with Crippen molar-refractivity contribution in [2.45, 2.75) is 25.6 Å². The number of carbonyl (C=O) groups excluding carboxylic acids is 1. The van der Waals surface area contributed by atoms with Crippen LogP contribution in [0.4, 0.5) is 0 Å². The highest BCUT2D eigenvalue weighted by Crippen LogP contribution is 2.31. The van der Waals surface area contributed by atoms with Crippen molar-refractivity contribution in [3.63, 3.8) is 0 Å². The fourth-order valence-corrected chi connectivity index (χ4v) is 4.83. The normalized spacial score (nSPS) is 13.9. The third kappa shape index (κ3) is 4.12. The van der Waals surface area contributed by atoms with Gasteiger partial charge in [-0.3, -0.25) is 4.79 Å². The number of hydrogen-bond donors (Lipinski definition) is 1. The SMILES string of the molecule is N[C@H](Cc1ccc(Cl)cc1Cl)C(=O)N1Cc2ccc(-c3ccc4ccccc4c3)cc2C1. The van der Waals surface area contributed by atoms with E-state index < -0.39 is 6.04 Å². The van der Waals surface area contributed by atoms with Crippen LogP contribution in [0.5, 0.6) is 0 Å². The van der Waals surface area contributed by atoms with Gasteiger partial charge in [0.1, 0.15) is 0 Å². The lowest BCUT2D eigenvalue weighted by molar-refractivity contribution is -0.133. The molecule has 0 aliphatic carbocycles. The molecular weight excluding hydrogens is 439 g/mol. The first kappa shape index (κ1) is 21.0. The van der Waals surface area contributed by atoms with Crippen LogP contribution < -0.4 is 5.73 Å². The smallest absolute Gasteiger partial charge is 0.240 e. The first-order chi connectivity index (χ1) is 15.5. The first-order valence-corrected chi connectivity index (χ1v) is 11.3. The maximum absolute atomic E-state index is 13.0. The molecular formula is C27H22Cl2N2O. The highest BCUT2D eigenvalue weighted by atomic mass is 35.5. The van der Waals surface area contributed by atoms with E-state index in [0.29, 0.717) is 29.6 Å². The Morgan fingerprint density at radius 1 is 0.844 bits per heavy atom. The van der Waals surface area contributed by atoms with Crippen molar-refractivity contribution < 1.29 is 4.79 Å². The quantitative estimate of drug-likeness (QED) is 0.392. The van der Waals surface area contributed by atoms with Crippen LogP contribution in [0.3, 0.4) is 0 Å². The number of carbonyl (C=O) groups is 1. The molecule has 160 valence electrons. The van der Waals surface area contributed by atoms with Crippen LogP contribution in [0.1, 0.15) is 16.7 Å². The highest BCUT2D eigenvalue weighted by Gasteiger charge is 2.28. The van der Waals surface area contributed by atoms with Gasteiger partial charge in [-0.1, -0.05) is 77.8 Å². The molecule has 32 heavy (non-hydrogen) atoms. The zero-order valence-electron chi connectivity index (χ0n) is 17.4. The second-order valence-corrected chi connectivity index (χ2v) is 9.13. The maximum Gasteiger partial charge on any atom is 0.240 e. The van der Waals surface area contributed by atoms with Crippen LogP contribution in [-0.2, 0) is 24.3 Å². The standard InChI is InChI=1S/C27H22Cl2N2O/c28-24-10-9-21(25(29)14-24)13-26(30)27(32)31-15-22-8-7-20(12-23(22)16-31)19-6-5-17-3-1-2-4-18(17)11-19/h1-12,14,26H,13,15-16,30H2/t26-/m1/s1. The van der Waals surface area contributed by atoms with Crippen molar-refractivity contribution in [2.24, 2.45) is 5.73 Å². The lowest BCUT2D eigenvalue weighted by Gasteiger charge is -2.20. The molecule has 0 saturated heterocycles. The summed E-state index contributed by atoms with van der Waals surface area (Å²) in [6.07, 6.45) is 0.379. The lowest BCUT2D eigenvalue weighted by atomic mass is 9.98. The van der Waals surface area contributed by atoms with Gasteiger partial charge in [-0.2, -0.15) is 0 Å². The van der Waals surface area contributed by atoms with Gasteiger partial charge in [-0.25, -0.2) is 0 Å². The summed E-state index contributed by atoms with van der Waals surface area (Å²) < 4.78 is 0. The summed E-state index contributed by atoms with van der Waals surface area (Å²) in [6, 6.07) is 25.9. The molecule has 1 aliphatic rings. The molecule has 5 rings (SSSR count). The Morgan fingerprint density at radius 2 is 1.56 bits per heavy atom. The Labute approximate surface area is 197 Å². The molecule has 0 unspecified atom stereocenters. The lowest BCUT2D eigenvalue weighted by Crippen LogP contribution is -2.42. The van der Waals surface area contributed by atoms with Crippen LogP contribution in [0.25, 0.3) is 21.9 Å². The van der Waals surface area contributed by atoms with E-state index in [1.54, 1.807) is 12.1 Å². The highest BCUT2D eigenvalue weighted by molar-refractivity contribution is 6.35. The summed E-state index contributed by atoms with van der Waals surface area (Å²) in [7, 11) is 0. The van der Waals surface area contributed by atoms with Gasteiger partial charge >= 0.3 is 0 Å². The Balaban J connectivity index is 1.32. The maximum atomic E-state index is 13.0. The molecule has 1 heterocycles. The number of halogens is 2. The molecule has 4 aromatic carbocycles. The predicted octanol–water partition coefficient (Wildman–Crippen LogP) is 6.23. The fourth-order valence-electron chi connectivity index (χ4n) is 4.34. The van der Waals surface area contributed by atoms with Gasteiger partial charge in [0.05, 0.1) is 6.04 Å². The minimum absolute atomic E-state index is 0.0699. The van der Waals surface area contributed by atoms with Crippen molar-refractivity contribution in [2.75, 3.05) is 0 Å². The summed E-state index contributed by atoms with van der Waals surface area (Å²) in [5.41, 5.74) is 11.7. The predicted molar refractivity (Wildman–Crippen MR) is 132 cm³/mol. The summed E-state index contributed by atoms with van der Waals surface area (Å²) in [5, 5.41) is 3.54. The van der Waals surface area contributed by atoms with E-state index in [-0.39, 0.29) is 5.91 Å². The number of nitrogens with two attached hydrogens (primary N) is 1. The van der Waals surface area contributed by atoms with Gasteiger partial charge in [0.2, 0.25) is 5.91 Å². The average Bonchev–Trinajstić information content (AvgIpc) is 3.23. The van der Waals surface area contributed by atoms with E-state index in [9.17, 15) is 4.79 Å². The molecule has 0 radical (unpaired) electrons. The molecule has 1 amide bonds. The van der Waals surface area contributed by atoms with Crippen molar-refractivity contribution in [1.29, 1.82) is 0 Å². The van der Waals surface area contributed by atoms with Crippen molar-refractivity contribution in [3.8, 4) is 11.1 Å². The number of rotatable bonds is 4. The molecule has 0 aromatic heterocycles. The zero-order chi connectivity index (χ0) is 22.2. The van der Waals surface area contributed by atoms with Crippen molar-refractivity contribution >= 4 is 39.9 Å². The molecule has 3 nitrogen and oxygen atoms in total. The van der Waals surface area contributed by atoms with Crippen LogP contribution in [0.2, 0.25) is 10.0 Å². The minimum atomic E-state index is -0.650. The number of hydrogen-bond acceptors (Lipinski definition) is 2. The van der Waals surface area contributed by atoms with Gasteiger partial charge in [-0.15, -0.1) is 0 Å². The van der Waals surface area contributed by atoms with E-state index in [0.717, 1.165) is 11.1 Å². The Morgan fingerprint density at radius 3 is 2.38 bits per heavy atom. The van der Waals surface area contributed by atoms with E-state index in [2.05, 4.69) is 60.7 Å². The third-order valence-corrected chi connectivity index (χ3v) is 6.68. The number of amides is 1. The van der Waals surface area contributed by atoms with Gasteiger partial charge in [0.25, 0.3) is 0 Å². The van der Waals surface area contributed by atoms with E-state index >= 15 is 0 Å². The molecule has 4 aromatic rings. The van der Waals surface area contributed by atoms with Crippen LogP contribution in [0, 0.1) is 0 Å². The second kappa shape index (κ2) is 8.59. The van der Waals surface area contributed by atoms with Gasteiger partial charge in [-0.05, 0) is 69.3 Å². The summed E-state index contributed by atoms with van der Waals surface area (Å²) in [5.74, 6) is -0.0699. The zero-order valence-corrected chi connectivity index (χ0v) is 18.9. The van der Waals surface area contributed by atoms with E-state index in [4.69, 9.17) is 28.9 Å². The summed E-state index contributed by atoms with van der Waals surface area (Å²) in [6.45, 7) is 1.14. The van der Waals surface area contributed by atoms with Crippen molar-refractivity contribution in [1.82, 2.24) is 4.90 Å². The minimum Gasteiger partial charge on any atom is -0.333 e.